The maximum Gasteiger partial charge on any atom is 0.309 e. The van der Waals surface area contributed by atoms with Gasteiger partial charge in [-0.05, 0) is 68.3 Å². The van der Waals surface area contributed by atoms with Crippen LogP contribution in [0.1, 0.15) is 31.9 Å². The molecule has 0 atom stereocenters. The fourth-order valence-corrected chi connectivity index (χ4v) is 3.98. The third kappa shape index (κ3) is 9.47. The van der Waals surface area contributed by atoms with Gasteiger partial charge in [0, 0.05) is 0 Å². The molecule has 10 nitrogen and oxygen atoms in total. The highest BCUT2D eigenvalue weighted by Crippen LogP contribution is 2.31. The van der Waals surface area contributed by atoms with Crippen molar-refractivity contribution in [1.29, 1.82) is 0 Å². The third-order valence-corrected chi connectivity index (χ3v) is 7.88. The molecule has 0 fully saturated rings. The maximum absolute atomic E-state index is 12.2. The van der Waals surface area contributed by atoms with Gasteiger partial charge in [-0.15, -0.1) is 0 Å². The Labute approximate surface area is 211 Å². The second kappa shape index (κ2) is 12.2. The van der Waals surface area contributed by atoms with Crippen molar-refractivity contribution in [2.24, 2.45) is 0 Å². The molecule has 0 saturated heterocycles. The Hall–Kier alpha value is -3.16. The summed E-state index contributed by atoms with van der Waals surface area (Å²) < 4.78 is 85.2. The van der Waals surface area contributed by atoms with Gasteiger partial charge in [-0.3, -0.25) is 4.79 Å². The third-order valence-electron chi connectivity index (χ3n) is 4.45. The number of carbonyl (C=O) groups is 1. The molecule has 196 valence electrons. The number of rotatable bonds is 13. The summed E-state index contributed by atoms with van der Waals surface area (Å²) in [5.41, 5.74) is 0.982. The zero-order valence-corrected chi connectivity index (χ0v) is 22.2. The minimum atomic E-state index is -3.98. The van der Waals surface area contributed by atoms with Crippen molar-refractivity contribution >= 4 is 48.3 Å². The highest BCUT2D eigenvalue weighted by Gasteiger charge is 2.19. The molecule has 0 heterocycles. The normalized spacial score (nSPS) is 12.6. The van der Waals surface area contributed by atoms with E-state index in [4.69, 9.17) is 12.5 Å². The second-order valence-electron chi connectivity index (χ2n) is 7.13. The van der Waals surface area contributed by atoms with Gasteiger partial charge in [0.2, 0.25) is 0 Å². The summed E-state index contributed by atoms with van der Waals surface area (Å²) in [6, 6.07) is 9.98. The van der Waals surface area contributed by atoms with Crippen LogP contribution in [-0.4, -0.2) is 48.3 Å². The van der Waals surface area contributed by atoms with Crippen LogP contribution in [0.3, 0.4) is 0 Å². The molecule has 0 aliphatic heterocycles. The fraction of sp³-hybridized carbons (Fsp3) is 0.261. The van der Waals surface area contributed by atoms with E-state index >= 15 is 0 Å². The summed E-state index contributed by atoms with van der Waals surface area (Å²) in [5.74, 6) is -1.71. The van der Waals surface area contributed by atoms with E-state index in [1.54, 1.807) is 12.1 Å². The van der Waals surface area contributed by atoms with Crippen molar-refractivity contribution in [3.8, 4) is 17.2 Å². The monoisotopic (exact) mass is 558 g/mol. The Morgan fingerprint density at radius 2 is 1.08 bits per heavy atom. The van der Waals surface area contributed by atoms with E-state index in [0.717, 1.165) is 0 Å². The van der Waals surface area contributed by atoms with E-state index in [9.17, 15) is 30.0 Å². The largest absolute Gasteiger partial charge is 0.382 e. The lowest BCUT2D eigenvalue weighted by molar-refractivity contribution is -0.110. The number of allylic oxidation sites excluding steroid dienone is 2. The van der Waals surface area contributed by atoms with Crippen LogP contribution < -0.4 is 12.5 Å². The molecular formula is C23H26O10S3. The van der Waals surface area contributed by atoms with E-state index in [1.165, 1.54) is 75.4 Å². The van der Waals surface area contributed by atoms with Gasteiger partial charge in [-0.1, -0.05) is 30.4 Å². The van der Waals surface area contributed by atoms with Gasteiger partial charge < -0.3 is 12.5 Å². The number of hydrogen-bond donors (Lipinski definition) is 0. The molecule has 0 bridgehead atoms. The first kappa shape index (κ1) is 29.1. The average Bonchev–Trinajstić information content (AvgIpc) is 2.83. The van der Waals surface area contributed by atoms with Gasteiger partial charge in [0.15, 0.2) is 17.3 Å². The van der Waals surface area contributed by atoms with Crippen molar-refractivity contribution < 1.29 is 42.6 Å². The summed E-state index contributed by atoms with van der Waals surface area (Å²) in [6.07, 6.45) is 5.40. The first-order chi connectivity index (χ1) is 16.8. The summed E-state index contributed by atoms with van der Waals surface area (Å²) >= 11 is 0. The van der Waals surface area contributed by atoms with Gasteiger partial charge in [-0.2, -0.15) is 25.3 Å². The average molecular weight is 559 g/mol. The van der Waals surface area contributed by atoms with Crippen molar-refractivity contribution in [2.45, 2.75) is 20.8 Å². The highest BCUT2D eigenvalue weighted by atomic mass is 32.2. The zero-order chi connectivity index (χ0) is 27.0. The van der Waals surface area contributed by atoms with Gasteiger partial charge >= 0.3 is 30.4 Å². The van der Waals surface area contributed by atoms with Crippen molar-refractivity contribution in [2.75, 3.05) is 17.3 Å². The molecule has 13 heteroatoms. The first-order valence-corrected chi connectivity index (χ1v) is 15.4. The van der Waals surface area contributed by atoms with E-state index in [1.807, 2.05) is 0 Å². The standard InChI is InChI=1S/C23H26O10S3/c1-4-34(25,26)31-21-14-9-18(10-15-21)7-12-20(24)13-8-19-11-16-22(32-35(27,28)5-2)23(17-19)33-36(29,30)6-3/h7-17H,4-6H2,1-3H3/b12-7+,13-8+. The second-order valence-corrected chi connectivity index (χ2v) is 12.7. The molecule has 0 unspecified atom stereocenters. The highest BCUT2D eigenvalue weighted by molar-refractivity contribution is 7.87. The lowest BCUT2D eigenvalue weighted by Crippen LogP contribution is -2.15. The maximum atomic E-state index is 12.2. The van der Waals surface area contributed by atoms with Crippen LogP contribution >= 0.6 is 0 Å². The predicted octanol–water partition coefficient (Wildman–Crippen LogP) is 3.17. The van der Waals surface area contributed by atoms with Crippen LogP contribution in [-0.2, 0) is 35.1 Å². The lowest BCUT2D eigenvalue weighted by atomic mass is 10.1. The van der Waals surface area contributed by atoms with Crippen LogP contribution in [0.4, 0.5) is 0 Å². The van der Waals surface area contributed by atoms with Gasteiger partial charge in [0.25, 0.3) is 0 Å². The van der Waals surface area contributed by atoms with Gasteiger partial charge in [0.1, 0.15) is 5.75 Å². The molecule has 2 aromatic carbocycles. The molecule has 0 aliphatic carbocycles. The van der Waals surface area contributed by atoms with Crippen LogP contribution in [0, 0.1) is 0 Å². The van der Waals surface area contributed by atoms with Crippen LogP contribution in [0.5, 0.6) is 17.2 Å². The van der Waals surface area contributed by atoms with Crippen molar-refractivity contribution in [3.63, 3.8) is 0 Å². The number of carbonyl (C=O) groups excluding carboxylic acids is 1. The summed E-state index contributed by atoms with van der Waals surface area (Å²) in [4.78, 5) is 12.2. The van der Waals surface area contributed by atoms with Crippen molar-refractivity contribution in [3.05, 3.63) is 65.7 Å². The predicted molar refractivity (Wildman–Crippen MR) is 136 cm³/mol. The lowest BCUT2D eigenvalue weighted by Gasteiger charge is -2.12. The number of ketones is 1. The molecule has 2 rings (SSSR count). The number of hydrogen-bond acceptors (Lipinski definition) is 10. The zero-order valence-electron chi connectivity index (χ0n) is 19.8. The van der Waals surface area contributed by atoms with E-state index in [-0.39, 0.29) is 34.5 Å². The Morgan fingerprint density at radius 3 is 1.61 bits per heavy atom. The van der Waals surface area contributed by atoms with Crippen molar-refractivity contribution in [1.82, 2.24) is 0 Å². The van der Waals surface area contributed by atoms with Gasteiger partial charge in [-0.25, -0.2) is 0 Å². The Bertz CT molecular complexity index is 1450. The molecule has 0 saturated carbocycles. The molecular weight excluding hydrogens is 532 g/mol. The van der Waals surface area contributed by atoms with Crippen LogP contribution in [0.2, 0.25) is 0 Å². The molecule has 0 radical (unpaired) electrons. The minimum Gasteiger partial charge on any atom is -0.382 e. The summed E-state index contributed by atoms with van der Waals surface area (Å²) in [7, 11) is -11.5. The van der Waals surface area contributed by atoms with E-state index < -0.39 is 36.1 Å². The molecule has 36 heavy (non-hydrogen) atoms. The minimum absolute atomic E-state index is 0.155. The quantitative estimate of drug-likeness (QED) is 0.265. The summed E-state index contributed by atoms with van der Waals surface area (Å²) in [6.45, 7) is 4.19. The topological polar surface area (TPSA) is 147 Å². The molecule has 2 aromatic rings. The Balaban J connectivity index is 2.18. The molecule has 0 N–H and O–H groups in total. The van der Waals surface area contributed by atoms with E-state index in [2.05, 4.69) is 0 Å². The van der Waals surface area contributed by atoms with Gasteiger partial charge in [0.05, 0.1) is 17.3 Å². The number of benzene rings is 2. The molecule has 0 amide bonds. The van der Waals surface area contributed by atoms with Crippen LogP contribution in [0.25, 0.3) is 12.2 Å². The smallest absolute Gasteiger partial charge is 0.309 e. The summed E-state index contributed by atoms with van der Waals surface area (Å²) in [5, 5.41) is 0. The molecule has 0 aromatic heterocycles. The Kier molecular flexibility index (Phi) is 9.85. The fourth-order valence-electron chi connectivity index (χ4n) is 2.41. The first-order valence-electron chi connectivity index (χ1n) is 10.7. The Morgan fingerprint density at radius 1 is 0.639 bits per heavy atom. The molecule has 0 aliphatic rings. The SMILES string of the molecule is CCS(=O)(=O)Oc1ccc(/C=C/C(=O)/C=C/c2ccc(OS(=O)(=O)CC)c(OS(=O)(=O)CC)c2)cc1. The van der Waals surface area contributed by atoms with E-state index in [0.29, 0.717) is 11.1 Å². The molecule has 0 spiro atoms. The van der Waals surface area contributed by atoms with Crippen LogP contribution in [0.15, 0.2) is 54.6 Å².